The third-order valence-corrected chi connectivity index (χ3v) is 1.90. The zero-order chi connectivity index (χ0) is 12.2. The van der Waals surface area contributed by atoms with Gasteiger partial charge in [-0.2, -0.15) is 12.2 Å². The van der Waals surface area contributed by atoms with Gasteiger partial charge in [0.15, 0.2) is 0 Å². The van der Waals surface area contributed by atoms with E-state index in [1.165, 1.54) is 0 Å². The molecule has 0 atom stereocenters. The maximum Gasteiger partial charge on any atom is 0 e. The molecule has 0 saturated carbocycles. The van der Waals surface area contributed by atoms with Crippen molar-refractivity contribution in [2.75, 3.05) is 0 Å². The first-order valence-electron chi connectivity index (χ1n) is 5.39. The van der Waals surface area contributed by atoms with E-state index in [1.54, 1.807) is 0 Å². The minimum absolute atomic E-state index is 0. The van der Waals surface area contributed by atoms with Gasteiger partial charge in [0, 0.05) is 25.8 Å². The van der Waals surface area contributed by atoms with Crippen LogP contribution in [0.5, 0.6) is 0 Å². The van der Waals surface area contributed by atoms with Crippen LogP contribution in [0.3, 0.4) is 0 Å². The van der Waals surface area contributed by atoms with Gasteiger partial charge < -0.3 is 0 Å². The molecule has 0 aromatic rings. The molecule has 2 aliphatic carbocycles. The molecular formula is C16H20Hf-2. The number of allylic oxidation sites excluding steroid dienone is 10. The van der Waals surface area contributed by atoms with E-state index in [-0.39, 0.29) is 25.8 Å². The average Bonchev–Trinajstić information content (AvgIpc) is 2.97. The Morgan fingerprint density at radius 1 is 0.882 bits per heavy atom. The summed E-state index contributed by atoms with van der Waals surface area (Å²) in [6.45, 7) is 11.2. The molecule has 0 fully saturated rings. The smallest absolute Gasteiger partial charge is 0 e. The zero-order valence-corrected chi connectivity index (χ0v) is 14.4. The summed E-state index contributed by atoms with van der Waals surface area (Å²) in [5.74, 6) is 0. The van der Waals surface area contributed by atoms with Gasteiger partial charge in [-0.3, -0.25) is 12.2 Å². The van der Waals surface area contributed by atoms with Gasteiger partial charge in [-0.15, -0.1) is 12.8 Å². The fraction of sp³-hybridized carbons (Fsp3) is 0.250. The molecule has 0 aromatic heterocycles. The Morgan fingerprint density at radius 3 is 1.29 bits per heavy atom. The van der Waals surface area contributed by atoms with Crippen LogP contribution in [0.15, 0.2) is 60.8 Å². The van der Waals surface area contributed by atoms with Crippen LogP contribution in [-0.4, -0.2) is 0 Å². The molecule has 0 nitrogen and oxygen atoms in total. The Morgan fingerprint density at radius 2 is 1.24 bits per heavy atom. The minimum atomic E-state index is 0. The first-order chi connectivity index (χ1) is 7.64. The van der Waals surface area contributed by atoms with Crippen LogP contribution in [0, 0.1) is 12.2 Å². The predicted molar refractivity (Wildman–Crippen MR) is 72.8 cm³/mol. The number of hydrogen-bond donors (Lipinski definition) is 0. The predicted octanol–water partition coefficient (Wildman–Crippen LogP) is 4.75. The van der Waals surface area contributed by atoms with Crippen molar-refractivity contribution in [3.63, 3.8) is 0 Å². The van der Waals surface area contributed by atoms with Gasteiger partial charge in [0.2, 0.25) is 0 Å². The Labute approximate surface area is 125 Å². The van der Waals surface area contributed by atoms with Crippen molar-refractivity contribution in [2.24, 2.45) is 0 Å². The fourth-order valence-corrected chi connectivity index (χ4v) is 0.680. The molecule has 0 saturated heterocycles. The Hall–Kier alpha value is -0.690. The van der Waals surface area contributed by atoms with E-state index < -0.39 is 0 Å². The van der Waals surface area contributed by atoms with E-state index in [2.05, 4.69) is 37.5 Å². The fourth-order valence-electron chi connectivity index (χ4n) is 0.680. The van der Waals surface area contributed by atoms with E-state index in [0.29, 0.717) is 0 Å². The Kier molecular flexibility index (Phi) is 14.7. The van der Waals surface area contributed by atoms with Crippen LogP contribution < -0.4 is 0 Å². The molecule has 2 aliphatic rings. The van der Waals surface area contributed by atoms with Crippen LogP contribution in [0.25, 0.3) is 0 Å². The third-order valence-electron chi connectivity index (χ3n) is 1.90. The summed E-state index contributed by atoms with van der Waals surface area (Å²) in [7, 11) is 0. The summed E-state index contributed by atoms with van der Waals surface area (Å²) in [6.07, 6.45) is 20.0. The van der Waals surface area contributed by atoms with Crippen molar-refractivity contribution < 1.29 is 25.8 Å². The summed E-state index contributed by atoms with van der Waals surface area (Å²) in [4.78, 5) is 0. The molecule has 0 unspecified atom stereocenters. The van der Waals surface area contributed by atoms with Crippen LogP contribution in [0.1, 0.15) is 26.7 Å². The summed E-state index contributed by atoms with van der Waals surface area (Å²) < 4.78 is 0. The van der Waals surface area contributed by atoms with Crippen molar-refractivity contribution in [1.82, 2.24) is 0 Å². The summed E-state index contributed by atoms with van der Waals surface area (Å²) in [5.41, 5.74) is 2.13. The van der Waals surface area contributed by atoms with E-state index in [4.69, 9.17) is 0 Å². The van der Waals surface area contributed by atoms with Gasteiger partial charge in [0.25, 0.3) is 0 Å². The van der Waals surface area contributed by atoms with Crippen LogP contribution >= 0.6 is 0 Å². The molecule has 0 aromatic carbocycles. The van der Waals surface area contributed by atoms with Crippen LogP contribution in [0.4, 0.5) is 0 Å². The summed E-state index contributed by atoms with van der Waals surface area (Å²) in [5, 5.41) is 0. The molecule has 0 radical (unpaired) electrons. The molecule has 17 heavy (non-hydrogen) atoms. The SMILES string of the molecule is C=C(C)C(=C)C.[C-]1=CC=CC1.[C-]1=CC=CC1.[Hf]. The molecule has 0 bridgehead atoms. The summed E-state index contributed by atoms with van der Waals surface area (Å²) in [6, 6.07) is 0. The first-order valence-corrected chi connectivity index (χ1v) is 5.39. The molecular weight excluding hydrogens is 371 g/mol. The van der Waals surface area contributed by atoms with Crippen LogP contribution in [0.2, 0.25) is 0 Å². The van der Waals surface area contributed by atoms with Crippen molar-refractivity contribution >= 4 is 0 Å². The monoisotopic (exact) mass is 392 g/mol. The van der Waals surface area contributed by atoms with Gasteiger partial charge >= 0.3 is 0 Å². The van der Waals surface area contributed by atoms with Gasteiger partial charge in [0.05, 0.1) is 0 Å². The maximum atomic E-state index is 3.66. The van der Waals surface area contributed by atoms with E-state index >= 15 is 0 Å². The summed E-state index contributed by atoms with van der Waals surface area (Å²) >= 11 is 0. The van der Waals surface area contributed by atoms with Gasteiger partial charge in [-0.1, -0.05) is 24.3 Å². The maximum absolute atomic E-state index is 3.66. The normalized spacial score (nSPS) is 13.1. The molecule has 90 valence electrons. The molecule has 0 spiro atoms. The molecule has 1 heteroatoms. The van der Waals surface area contributed by atoms with Crippen molar-refractivity contribution in [3.05, 3.63) is 72.9 Å². The zero-order valence-electron chi connectivity index (χ0n) is 10.8. The van der Waals surface area contributed by atoms with Crippen molar-refractivity contribution in [2.45, 2.75) is 26.7 Å². The Bertz CT molecular complexity index is 273. The van der Waals surface area contributed by atoms with E-state index in [0.717, 1.165) is 24.0 Å². The number of rotatable bonds is 1. The van der Waals surface area contributed by atoms with Gasteiger partial charge in [-0.25, -0.2) is 24.3 Å². The van der Waals surface area contributed by atoms with Crippen molar-refractivity contribution in [1.29, 1.82) is 0 Å². The average molecular weight is 391 g/mol. The molecule has 0 N–H and O–H groups in total. The number of hydrogen-bond acceptors (Lipinski definition) is 0. The van der Waals surface area contributed by atoms with Crippen LogP contribution in [-0.2, 0) is 25.8 Å². The second-order valence-electron chi connectivity index (χ2n) is 3.57. The first kappa shape index (κ1) is 18.7. The molecule has 0 aliphatic heterocycles. The molecule has 2 rings (SSSR count). The van der Waals surface area contributed by atoms with E-state index in [1.807, 2.05) is 38.2 Å². The Balaban J connectivity index is 0. The largest absolute Gasteiger partial charge is 0.273 e. The minimum Gasteiger partial charge on any atom is -0.273 e. The van der Waals surface area contributed by atoms with Crippen molar-refractivity contribution in [3.8, 4) is 0 Å². The quantitative estimate of drug-likeness (QED) is 0.344. The second-order valence-corrected chi connectivity index (χ2v) is 3.57. The van der Waals surface area contributed by atoms with Gasteiger partial charge in [-0.05, 0) is 13.8 Å². The molecule has 0 heterocycles. The third kappa shape index (κ3) is 15.3. The standard InChI is InChI=1S/C6H10.2C5H5.Hf/c1-5(2)6(3)4;2*1-2-4-5-3-1;/h1,3H2,2,4H3;2*1-3H,4H2;/q;2*-1;. The second kappa shape index (κ2) is 13.4. The van der Waals surface area contributed by atoms with E-state index in [9.17, 15) is 0 Å². The topological polar surface area (TPSA) is 0 Å². The molecule has 0 amide bonds. The van der Waals surface area contributed by atoms with Gasteiger partial charge in [0.1, 0.15) is 0 Å².